The minimum atomic E-state index is -0.751. The third-order valence-electron chi connectivity index (χ3n) is 5.77. The fourth-order valence-corrected chi connectivity index (χ4v) is 5.32. The molecule has 0 amide bonds. The molecule has 0 radical (unpaired) electrons. The Morgan fingerprint density at radius 2 is 1.81 bits per heavy atom. The number of ether oxygens (including phenoxy) is 1. The maximum absolute atomic E-state index is 13.7. The summed E-state index contributed by atoms with van der Waals surface area (Å²) in [6.45, 7) is 0.140. The second-order valence-corrected chi connectivity index (χ2v) is 9.92. The molecule has 182 valence electrons. The van der Waals surface area contributed by atoms with E-state index < -0.39 is 16.9 Å². The number of rotatable bonds is 6. The fourth-order valence-electron chi connectivity index (χ4n) is 4.00. The van der Waals surface area contributed by atoms with Crippen LogP contribution in [0.2, 0.25) is 0 Å². The van der Waals surface area contributed by atoms with Crippen LogP contribution in [0.25, 0.3) is 21.9 Å². The Hall–Kier alpha value is -3.69. The molecule has 0 fully saturated rings. The predicted molar refractivity (Wildman–Crippen MR) is 140 cm³/mol. The predicted octanol–water partition coefficient (Wildman–Crippen LogP) is 5.88. The van der Waals surface area contributed by atoms with Gasteiger partial charge in [0.15, 0.2) is 11.3 Å². The Morgan fingerprint density at radius 1 is 1.03 bits per heavy atom. The number of halogens is 1. The first-order valence-corrected chi connectivity index (χ1v) is 12.9. The highest BCUT2D eigenvalue weighted by atomic mass is 32.2. The number of nitrogens with zero attached hydrogens (tertiary/aromatic N) is 1. The number of thioether (sulfide) groups is 1. The van der Waals surface area contributed by atoms with Crippen molar-refractivity contribution in [1.29, 1.82) is 0 Å². The first kappa shape index (κ1) is 24.0. The zero-order chi connectivity index (χ0) is 25.4. The summed E-state index contributed by atoms with van der Waals surface area (Å²) in [5.74, 6) is -0.233. The molecular weight excluding hydrogens is 501 g/mol. The van der Waals surface area contributed by atoms with E-state index in [2.05, 4.69) is 0 Å². The van der Waals surface area contributed by atoms with Gasteiger partial charge in [-0.1, -0.05) is 30.0 Å². The van der Waals surface area contributed by atoms with Crippen LogP contribution in [0.1, 0.15) is 5.56 Å². The van der Waals surface area contributed by atoms with Crippen molar-refractivity contribution in [1.82, 2.24) is 4.57 Å². The Morgan fingerprint density at radius 3 is 2.53 bits per heavy atom. The Kier molecular flexibility index (Phi) is 6.51. The van der Waals surface area contributed by atoms with Crippen molar-refractivity contribution < 1.29 is 18.7 Å². The monoisotopic (exact) mass is 521 g/mol. The largest absolute Gasteiger partial charge is 0.505 e. The molecule has 36 heavy (non-hydrogen) atoms. The molecule has 5 rings (SSSR count). The van der Waals surface area contributed by atoms with Crippen molar-refractivity contribution in [3.05, 3.63) is 98.9 Å². The normalized spacial score (nSPS) is 11.3. The van der Waals surface area contributed by atoms with Crippen LogP contribution < -0.4 is 15.9 Å². The zero-order valence-electron chi connectivity index (χ0n) is 19.3. The molecule has 3 aromatic carbocycles. The van der Waals surface area contributed by atoms with Crippen molar-refractivity contribution in [3.63, 3.8) is 0 Å². The number of hydrogen-bond acceptors (Lipinski definition) is 7. The van der Waals surface area contributed by atoms with Crippen LogP contribution in [0, 0.1) is 5.82 Å². The average Bonchev–Trinajstić information content (AvgIpc) is 2.89. The van der Waals surface area contributed by atoms with Gasteiger partial charge in [0.05, 0.1) is 19.2 Å². The molecule has 0 bridgehead atoms. The Bertz CT molecular complexity index is 1730. The summed E-state index contributed by atoms with van der Waals surface area (Å²) >= 11 is 2.49. The van der Waals surface area contributed by atoms with Gasteiger partial charge in [0, 0.05) is 15.2 Å². The van der Waals surface area contributed by atoms with Crippen LogP contribution in [0.5, 0.6) is 11.5 Å². The van der Waals surface area contributed by atoms with Gasteiger partial charge >= 0.3 is 5.63 Å². The lowest BCUT2D eigenvalue weighted by Crippen LogP contribution is -2.23. The highest BCUT2D eigenvalue weighted by molar-refractivity contribution is 7.99. The molecule has 0 aliphatic rings. The molecule has 0 saturated carbocycles. The highest BCUT2D eigenvalue weighted by Gasteiger charge is 2.23. The molecule has 0 unspecified atom stereocenters. The summed E-state index contributed by atoms with van der Waals surface area (Å²) in [4.78, 5) is 28.2. The lowest BCUT2D eigenvalue weighted by Gasteiger charge is -2.15. The van der Waals surface area contributed by atoms with Crippen LogP contribution in [-0.4, -0.2) is 23.0 Å². The number of aromatic hydroxyl groups is 1. The van der Waals surface area contributed by atoms with Crippen LogP contribution >= 0.6 is 23.5 Å². The van der Waals surface area contributed by atoms with Crippen LogP contribution in [-0.2, 0) is 6.54 Å². The van der Waals surface area contributed by atoms with Gasteiger partial charge in [-0.25, -0.2) is 9.18 Å². The topological polar surface area (TPSA) is 81.7 Å². The standard InChI is InChI=1S/C27H20FNO5S2/c1-33-17-4-3-5-19(12-17)36-25-23(30)22-24(34-27(25)32)20-13-18(35-2)10-11-21(20)29(26(22)31)14-15-6-8-16(28)9-7-15/h3-13,30H,14H2,1-2H3. The molecule has 6 nitrogen and oxygen atoms in total. The van der Waals surface area contributed by atoms with Gasteiger partial charge in [-0.3, -0.25) is 4.79 Å². The first-order chi connectivity index (χ1) is 17.4. The molecule has 0 aliphatic heterocycles. The van der Waals surface area contributed by atoms with E-state index in [0.717, 1.165) is 16.7 Å². The number of aromatic nitrogens is 1. The molecule has 2 aromatic heterocycles. The lowest BCUT2D eigenvalue weighted by molar-refractivity contribution is 0.413. The highest BCUT2D eigenvalue weighted by Crippen LogP contribution is 2.38. The molecule has 0 spiro atoms. The number of hydrogen-bond donors (Lipinski definition) is 1. The van der Waals surface area contributed by atoms with Gasteiger partial charge < -0.3 is 18.8 Å². The van der Waals surface area contributed by atoms with E-state index in [4.69, 9.17) is 9.15 Å². The lowest BCUT2D eigenvalue weighted by atomic mass is 10.1. The second kappa shape index (κ2) is 9.75. The van der Waals surface area contributed by atoms with Crippen molar-refractivity contribution in [3.8, 4) is 11.5 Å². The van der Waals surface area contributed by atoms with Gasteiger partial charge in [0.2, 0.25) is 0 Å². The molecule has 5 aromatic rings. The number of fused-ring (bicyclic) bond motifs is 3. The van der Waals surface area contributed by atoms with Gasteiger partial charge in [-0.15, -0.1) is 11.8 Å². The maximum Gasteiger partial charge on any atom is 0.354 e. The van der Waals surface area contributed by atoms with Gasteiger partial charge in [0.25, 0.3) is 5.56 Å². The van der Waals surface area contributed by atoms with Crippen molar-refractivity contribution in [2.24, 2.45) is 0 Å². The SMILES string of the molecule is COc1cccc(Sc2c(O)c3c(=O)n(Cc4ccc(F)cc4)c4ccc(SC)cc4c3oc2=O)c1. The van der Waals surface area contributed by atoms with Crippen molar-refractivity contribution in [2.45, 2.75) is 21.2 Å². The molecule has 9 heteroatoms. The summed E-state index contributed by atoms with van der Waals surface area (Å²) in [6, 6.07) is 18.3. The number of methoxy groups -OCH3 is 1. The molecular formula is C27H20FNO5S2. The van der Waals surface area contributed by atoms with E-state index in [9.17, 15) is 19.1 Å². The van der Waals surface area contributed by atoms with E-state index in [-0.39, 0.29) is 28.2 Å². The quantitative estimate of drug-likeness (QED) is 0.221. The molecule has 2 heterocycles. The maximum atomic E-state index is 13.7. The van der Waals surface area contributed by atoms with Gasteiger partial charge in [-0.05, 0) is 60.4 Å². The molecule has 0 aliphatic carbocycles. The molecule has 0 saturated heterocycles. The summed E-state index contributed by atoms with van der Waals surface area (Å²) in [7, 11) is 1.53. The van der Waals surface area contributed by atoms with Gasteiger partial charge in [0.1, 0.15) is 21.8 Å². The van der Waals surface area contributed by atoms with Crippen molar-refractivity contribution >= 4 is 45.4 Å². The van der Waals surface area contributed by atoms with E-state index in [1.54, 1.807) is 42.5 Å². The zero-order valence-corrected chi connectivity index (χ0v) is 20.9. The van der Waals surface area contributed by atoms with Crippen LogP contribution in [0.3, 0.4) is 0 Å². The Labute approximate surface area is 213 Å². The van der Waals surface area contributed by atoms with Crippen LogP contribution in [0.15, 0.2) is 95.4 Å². The third kappa shape index (κ3) is 4.36. The van der Waals surface area contributed by atoms with E-state index in [1.165, 1.54) is 35.6 Å². The summed E-state index contributed by atoms with van der Waals surface area (Å²) in [5.41, 5.74) is -0.00750. The molecule has 0 atom stereocenters. The summed E-state index contributed by atoms with van der Waals surface area (Å²) in [5, 5.41) is 11.7. The summed E-state index contributed by atoms with van der Waals surface area (Å²) in [6.07, 6.45) is 1.91. The van der Waals surface area contributed by atoms with E-state index in [1.807, 2.05) is 18.4 Å². The average molecular weight is 522 g/mol. The summed E-state index contributed by atoms with van der Waals surface area (Å²) < 4.78 is 25.9. The number of pyridine rings is 1. The van der Waals surface area contributed by atoms with Crippen molar-refractivity contribution in [2.75, 3.05) is 13.4 Å². The second-order valence-electron chi connectivity index (χ2n) is 7.95. The number of benzene rings is 3. The third-order valence-corrected chi connectivity index (χ3v) is 7.55. The van der Waals surface area contributed by atoms with Gasteiger partial charge in [-0.2, -0.15) is 0 Å². The molecule has 1 N–H and O–H groups in total. The van der Waals surface area contributed by atoms with Crippen LogP contribution in [0.4, 0.5) is 4.39 Å². The smallest absolute Gasteiger partial charge is 0.354 e. The minimum Gasteiger partial charge on any atom is -0.505 e. The minimum absolute atomic E-state index is 0.0266. The first-order valence-electron chi connectivity index (χ1n) is 10.9. The Balaban J connectivity index is 1.78. The fraction of sp³-hybridized carbons (Fsp3) is 0.111. The van der Waals surface area contributed by atoms with E-state index >= 15 is 0 Å². The van der Waals surface area contributed by atoms with E-state index in [0.29, 0.717) is 27.1 Å².